The number of aromatic hydroxyl groups is 1. The van der Waals surface area contributed by atoms with Crippen LogP contribution in [0.25, 0.3) is 0 Å². The van der Waals surface area contributed by atoms with Gasteiger partial charge in [0.2, 0.25) is 5.91 Å². The molecule has 5 nitrogen and oxygen atoms in total. The van der Waals surface area contributed by atoms with Crippen molar-refractivity contribution in [2.24, 2.45) is 0 Å². The Bertz CT molecular complexity index is 666. The Morgan fingerprint density at radius 3 is 2.25 bits per heavy atom. The molecular weight excluding hydrogens is 394 g/mol. The maximum absolute atomic E-state index is 12.3. The van der Waals surface area contributed by atoms with Crippen LogP contribution in [0.3, 0.4) is 0 Å². The van der Waals surface area contributed by atoms with Crippen LogP contribution in [0.1, 0.15) is 24.5 Å². The molecule has 3 N–H and O–H groups in total. The number of nitrogens with one attached hydrogen (secondary N) is 1. The molecule has 156 valence electrons. The second-order valence-electron chi connectivity index (χ2n) is 6.51. The Hall–Kier alpha value is -1.67. The van der Waals surface area contributed by atoms with Crippen LogP contribution in [0.15, 0.2) is 54.6 Å². The van der Waals surface area contributed by atoms with Gasteiger partial charge in [0.05, 0.1) is 25.4 Å². The molecule has 2 atom stereocenters. The topological polar surface area (TPSA) is 78.8 Å². The summed E-state index contributed by atoms with van der Waals surface area (Å²) in [7, 11) is 0. The fraction of sp³-hybridized carbons (Fsp3) is 0.381. The van der Waals surface area contributed by atoms with Crippen molar-refractivity contribution in [3.8, 4) is 5.75 Å². The number of aliphatic hydroxyl groups is 1. The van der Waals surface area contributed by atoms with Gasteiger partial charge < -0.3 is 20.3 Å². The van der Waals surface area contributed by atoms with Crippen molar-refractivity contribution < 1.29 is 19.7 Å². The van der Waals surface area contributed by atoms with Crippen molar-refractivity contribution in [2.75, 3.05) is 13.2 Å². The third kappa shape index (κ3) is 10.6. The van der Waals surface area contributed by atoms with Gasteiger partial charge in [-0.2, -0.15) is 27.0 Å². The molecule has 0 saturated carbocycles. The van der Waals surface area contributed by atoms with Crippen LogP contribution in [-0.2, 0) is 22.4 Å². The third-order valence-electron chi connectivity index (χ3n) is 3.95. The second-order valence-corrected chi connectivity index (χ2v) is 6.51. The molecule has 0 radical (unpaired) electrons. The summed E-state index contributed by atoms with van der Waals surface area (Å²) in [5, 5.41) is 21.7. The second kappa shape index (κ2) is 14.3. The summed E-state index contributed by atoms with van der Waals surface area (Å²) in [6.45, 7) is 2.21. The first-order chi connectivity index (χ1) is 12.5. The number of phenols is 1. The number of carbonyl (C=O) groups excluding carboxylic acids is 1. The van der Waals surface area contributed by atoms with Crippen molar-refractivity contribution in [2.45, 2.75) is 38.3 Å². The SMILES string of the molecule is CC(O)COCC(Cc1ccc(O)cc1)NC(=O)CCc1ccccc1.S.S. The minimum absolute atomic E-state index is 0. The van der Waals surface area contributed by atoms with Crippen LogP contribution < -0.4 is 5.32 Å². The number of aryl methyl sites for hydroxylation is 1. The van der Waals surface area contributed by atoms with Gasteiger partial charge in [-0.15, -0.1) is 0 Å². The monoisotopic (exact) mass is 425 g/mol. The lowest BCUT2D eigenvalue weighted by atomic mass is 10.1. The molecule has 28 heavy (non-hydrogen) atoms. The zero-order valence-corrected chi connectivity index (χ0v) is 18.1. The van der Waals surface area contributed by atoms with Gasteiger partial charge in [-0.05, 0) is 43.0 Å². The number of hydrogen-bond acceptors (Lipinski definition) is 4. The minimum Gasteiger partial charge on any atom is -0.508 e. The van der Waals surface area contributed by atoms with Crippen LogP contribution in [0.2, 0.25) is 0 Å². The van der Waals surface area contributed by atoms with Crippen molar-refractivity contribution in [3.05, 3.63) is 65.7 Å². The summed E-state index contributed by atoms with van der Waals surface area (Å²) in [4.78, 5) is 12.3. The van der Waals surface area contributed by atoms with E-state index in [9.17, 15) is 15.0 Å². The van der Waals surface area contributed by atoms with Crippen LogP contribution in [0.5, 0.6) is 5.75 Å². The molecule has 0 aromatic heterocycles. The molecule has 2 rings (SSSR count). The van der Waals surface area contributed by atoms with Crippen LogP contribution in [0.4, 0.5) is 0 Å². The normalized spacial score (nSPS) is 12.2. The first-order valence-electron chi connectivity index (χ1n) is 8.90. The molecule has 0 spiro atoms. The molecule has 0 bridgehead atoms. The number of rotatable bonds is 10. The van der Waals surface area contributed by atoms with E-state index in [0.717, 1.165) is 11.1 Å². The van der Waals surface area contributed by atoms with Crippen molar-refractivity contribution in [1.29, 1.82) is 0 Å². The number of hydrogen-bond donors (Lipinski definition) is 3. The van der Waals surface area contributed by atoms with E-state index in [0.29, 0.717) is 25.9 Å². The Balaban J connectivity index is 0.00000364. The predicted octanol–water partition coefficient (Wildman–Crippen LogP) is 2.68. The summed E-state index contributed by atoms with van der Waals surface area (Å²) >= 11 is 0. The Morgan fingerprint density at radius 1 is 1.00 bits per heavy atom. The van der Waals surface area contributed by atoms with Crippen molar-refractivity contribution in [1.82, 2.24) is 5.32 Å². The smallest absolute Gasteiger partial charge is 0.220 e. The number of amides is 1. The van der Waals surface area contributed by atoms with E-state index in [1.807, 2.05) is 42.5 Å². The molecule has 2 aromatic rings. The van der Waals surface area contributed by atoms with E-state index in [1.54, 1.807) is 19.1 Å². The van der Waals surface area contributed by atoms with Gasteiger partial charge in [-0.1, -0.05) is 42.5 Å². The highest BCUT2D eigenvalue weighted by Gasteiger charge is 2.14. The van der Waals surface area contributed by atoms with Gasteiger partial charge in [-0.3, -0.25) is 4.79 Å². The van der Waals surface area contributed by atoms with Crippen molar-refractivity contribution in [3.63, 3.8) is 0 Å². The maximum atomic E-state index is 12.3. The average Bonchev–Trinajstić information content (AvgIpc) is 2.62. The van der Waals surface area contributed by atoms with Gasteiger partial charge in [0.15, 0.2) is 0 Å². The molecule has 7 heteroatoms. The molecule has 0 heterocycles. The zero-order valence-electron chi connectivity index (χ0n) is 16.1. The molecule has 2 aromatic carbocycles. The summed E-state index contributed by atoms with van der Waals surface area (Å²) in [5.41, 5.74) is 2.12. The van der Waals surface area contributed by atoms with E-state index in [4.69, 9.17) is 4.74 Å². The van der Waals surface area contributed by atoms with E-state index in [1.165, 1.54) is 0 Å². The van der Waals surface area contributed by atoms with Crippen LogP contribution >= 0.6 is 27.0 Å². The highest BCUT2D eigenvalue weighted by molar-refractivity contribution is 7.59. The molecular formula is C21H31NO4S2. The Morgan fingerprint density at radius 2 is 1.64 bits per heavy atom. The molecule has 0 saturated heterocycles. The average molecular weight is 426 g/mol. The molecule has 0 aliphatic rings. The lowest BCUT2D eigenvalue weighted by Crippen LogP contribution is -2.40. The van der Waals surface area contributed by atoms with E-state index < -0.39 is 6.10 Å². The van der Waals surface area contributed by atoms with E-state index in [2.05, 4.69) is 5.32 Å². The maximum Gasteiger partial charge on any atom is 0.220 e. The first-order valence-corrected chi connectivity index (χ1v) is 8.90. The summed E-state index contributed by atoms with van der Waals surface area (Å²) < 4.78 is 5.50. The van der Waals surface area contributed by atoms with Crippen LogP contribution in [0, 0.1) is 0 Å². The molecule has 0 aliphatic heterocycles. The van der Waals surface area contributed by atoms with Gasteiger partial charge in [0, 0.05) is 6.42 Å². The lowest BCUT2D eigenvalue weighted by molar-refractivity contribution is -0.122. The van der Waals surface area contributed by atoms with Crippen molar-refractivity contribution >= 4 is 32.9 Å². The standard InChI is InChI=1S/C21H27NO4.2H2S/c1-16(23)14-26-15-19(13-18-7-10-20(24)11-8-18)22-21(25)12-9-17-5-3-2-4-6-17;;/h2-8,10-11,16,19,23-24H,9,12-15H2,1H3,(H,22,25);2*1H2. The third-order valence-corrected chi connectivity index (χ3v) is 3.95. The summed E-state index contributed by atoms with van der Waals surface area (Å²) in [5.74, 6) is 0.181. The largest absolute Gasteiger partial charge is 0.508 e. The van der Waals surface area contributed by atoms with Gasteiger partial charge in [-0.25, -0.2) is 0 Å². The lowest BCUT2D eigenvalue weighted by Gasteiger charge is -2.20. The number of ether oxygens (including phenoxy) is 1. The van der Waals surface area contributed by atoms with Crippen LogP contribution in [-0.4, -0.2) is 41.5 Å². The molecule has 0 aliphatic carbocycles. The van der Waals surface area contributed by atoms with Gasteiger partial charge in [0.1, 0.15) is 5.75 Å². The van der Waals surface area contributed by atoms with Gasteiger partial charge >= 0.3 is 0 Å². The minimum atomic E-state index is -0.543. The highest BCUT2D eigenvalue weighted by Crippen LogP contribution is 2.12. The summed E-state index contributed by atoms with van der Waals surface area (Å²) in [6.07, 6.45) is 1.15. The number of benzene rings is 2. The van der Waals surface area contributed by atoms with E-state index in [-0.39, 0.29) is 51.3 Å². The Labute approximate surface area is 181 Å². The first kappa shape index (κ1) is 26.3. The molecule has 0 fully saturated rings. The Kier molecular flexibility index (Phi) is 13.5. The van der Waals surface area contributed by atoms with E-state index >= 15 is 0 Å². The predicted molar refractivity (Wildman–Crippen MR) is 122 cm³/mol. The fourth-order valence-corrected chi connectivity index (χ4v) is 2.65. The molecule has 1 amide bonds. The molecule has 2 unspecified atom stereocenters. The quantitative estimate of drug-likeness (QED) is 0.547. The fourth-order valence-electron chi connectivity index (χ4n) is 2.65. The number of aliphatic hydroxyl groups excluding tert-OH is 1. The summed E-state index contributed by atoms with van der Waals surface area (Å²) in [6, 6.07) is 16.6. The van der Waals surface area contributed by atoms with Gasteiger partial charge in [0.25, 0.3) is 0 Å². The highest BCUT2D eigenvalue weighted by atomic mass is 32.1. The number of carbonyl (C=O) groups is 1. The zero-order chi connectivity index (χ0) is 18.8. The number of phenolic OH excluding ortho intramolecular Hbond substituents is 1.